The van der Waals surface area contributed by atoms with Crippen molar-refractivity contribution in [2.24, 2.45) is 7.05 Å². The summed E-state index contributed by atoms with van der Waals surface area (Å²) in [5.41, 5.74) is 3.06. The lowest BCUT2D eigenvalue weighted by Gasteiger charge is -2.15. The van der Waals surface area contributed by atoms with Gasteiger partial charge in [-0.15, -0.1) is 0 Å². The highest BCUT2D eigenvalue weighted by molar-refractivity contribution is 8.04. The number of nitrogens with zero attached hydrogens (tertiary/aromatic N) is 2. The molecule has 2 amide bonds. The first-order valence-corrected chi connectivity index (χ1v) is 11.5. The summed E-state index contributed by atoms with van der Waals surface area (Å²) in [4.78, 5) is 29.4. The van der Waals surface area contributed by atoms with Crippen molar-refractivity contribution in [1.82, 2.24) is 9.47 Å². The number of halogens is 1. The standard InChI is InChI=1S/C27H21FN2O2S/c1-29-17-19(22-9-5-6-10-23(22)29)15-16-30-26(31)24(18-11-13-20(28)14-12-18)25(27(30)32)33-21-7-3-2-4-8-21/h2-14,17H,15-16H2,1H3. The molecule has 0 spiro atoms. The van der Waals surface area contributed by atoms with E-state index in [9.17, 15) is 14.0 Å². The number of thioether (sulfide) groups is 1. The summed E-state index contributed by atoms with van der Waals surface area (Å²) < 4.78 is 15.6. The van der Waals surface area contributed by atoms with Crippen molar-refractivity contribution in [3.8, 4) is 0 Å². The van der Waals surface area contributed by atoms with Gasteiger partial charge in [-0.1, -0.05) is 60.3 Å². The Labute approximate surface area is 195 Å². The molecule has 0 radical (unpaired) electrons. The number of carbonyl (C=O) groups is 2. The van der Waals surface area contributed by atoms with Gasteiger partial charge >= 0.3 is 0 Å². The Morgan fingerprint density at radius 3 is 2.30 bits per heavy atom. The maximum absolute atomic E-state index is 13.5. The van der Waals surface area contributed by atoms with Crippen LogP contribution in [-0.4, -0.2) is 27.8 Å². The molecule has 0 fully saturated rings. The third-order valence-electron chi connectivity index (χ3n) is 5.81. The molecular formula is C27H21FN2O2S. The van der Waals surface area contributed by atoms with Gasteiger partial charge in [-0.05, 0) is 47.9 Å². The number of fused-ring (bicyclic) bond motifs is 1. The quantitative estimate of drug-likeness (QED) is 0.363. The van der Waals surface area contributed by atoms with E-state index in [1.54, 1.807) is 12.1 Å². The average molecular weight is 457 g/mol. The third kappa shape index (κ3) is 3.98. The summed E-state index contributed by atoms with van der Waals surface area (Å²) in [6.07, 6.45) is 2.60. The molecule has 5 rings (SSSR count). The maximum atomic E-state index is 13.5. The SMILES string of the molecule is Cn1cc(CCN2C(=O)C(Sc3ccccc3)=C(c3ccc(F)cc3)C2=O)c2ccccc21. The van der Waals surface area contributed by atoms with Gasteiger partial charge in [0.25, 0.3) is 11.8 Å². The van der Waals surface area contributed by atoms with Crippen LogP contribution < -0.4 is 0 Å². The van der Waals surface area contributed by atoms with Crippen LogP contribution in [0, 0.1) is 5.82 Å². The van der Waals surface area contributed by atoms with E-state index in [0.29, 0.717) is 22.5 Å². The van der Waals surface area contributed by atoms with Crippen LogP contribution >= 0.6 is 11.8 Å². The summed E-state index contributed by atoms with van der Waals surface area (Å²) in [7, 11) is 1.99. The molecule has 2 heterocycles. The number of para-hydroxylation sites is 1. The second-order valence-electron chi connectivity index (χ2n) is 7.92. The predicted octanol–water partition coefficient (Wildman–Crippen LogP) is 5.43. The molecule has 164 valence electrons. The van der Waals surface area contributed by atoms with E-state index in [1.807, 2.05) is 61.8 Å². The zero-order valence-corrected chi connectivity index (χ0v) is 18.8. The van der Waals surface area contributed by atoms with Gasteiger partial charge in [0.1, 0.15) is 5.82 Å². The molecule has 4 nitrogen and oxygen atoms in total. The second kappa shape index (κ2) is 8.71. The smallest absolute Gasteiger partial charge is 0.268 e. The number of carbonyl (C=O) groups excluding carboxylic acids is 2. The van der Waals surface area contributed by atoms with E-state index in [1.165, 1.54) is 28.8 Å². The van der Waals surface area contributed by atoms with Gasteiger partial charge in [-0.2, -0.15) is 0 Å². The number of benzene rings is 3. The predicted molar refractivity (Wildman–Crippen MR) is 129 cm³/mol. The highest BCUT2D eigenvalue weighted by Gasteiger charge is 2.39. The minimum Gasteiger partial charge on any atom is -0.350 e. The second-order valence-corrected chi connectivity index (χ2v) is 9.00. The Bertz CT molecular complexity index is 1390. The Morgan fingerprint density at radius 1 is 0.848 bits per heavy atom. The molecule has 1 aliphatic rings. The third-order valence-corrected chi connectivity index (χ3v) is 6.90. The normalized spacial score (nSPS) is 14.1. The van der Waals surface area contributed by atoms with Crippen molar-refractivity contribution in [2.45, 2.75) is 11.3 Å². The lowest BCUT2D eigenvalue weighted by molar-refractivity contribution is -0.136. The summed E-state index contributed by atoms with van der Waals surface area (Å²) in [6.45, 7) is 0.273. The zero-order valence-electron chi connectivity index (χ0n) is 18.0. The fourth-order valence-electron chi connectivity index (χ4n) is 4.19. The van der Waals surface area contributed by atoms with Gasteiger partial charge in [0, 0.05) is 35.6 Å². The number of amides is 2. The zero-order chi connectivity index (χ0) is 22.9. The van der Waals surface area contributed by atoms with Gasteiger partial charge < -0.3 is 4.57 Å². The average Bonchev–Trinajstić information content (AvgIpc) is 3.27. The maximum Gasteiger partial charge on any atom is 0.268 e. The van der Waals surface area contributed by atoms with Crippen molar-refractivity contribution in [3.05, 3.63) is 107 Å². The molecule has 0 N–H and O–H groups in total. The lowest BCUT2D eigenvalue weighted by Crippen LogP contribution is -2.33. The Balaban J connectivity index is 1.47. The van der Waals surface area contributed by atoms with Crippen molar-refractivity contribution < 1.29 is 14.0 Å². The van der Waals surface area contributed by atoms with Crippen molar-refractivity contribution in [2.75, 3.05) is 6.54 Å². The summed E-state index contributed by atoms with van der Waals surface area (Å²) in [5.74, 6) is -1.04. The molecule has 0 bridgehead atoms. The fourth-order valence-corrected chi connectivity index (χ4v) is 5.22. The topological polar surface area (TPSA) is 42.3 Å². The Kier molecular flexibility index (Phi) is 5.60. The van der Waals surface area contributed by atoms with Crippen molar-refractivity contribution in [3.63, 3.8) is 0 Å². The number of imide groups is 1. The van der Waals surface area contributed by atoms with E-state index in [4.69, 9.17) is 0 Å². The highest BCUT2D eigenvalue weighted by Crippen LogP contribution is 2.39. The minimum atomic E-state index is -0.388. The van der Waals surface area contributed by atoms with Crippen LogP contribution in [-0.2, 0) is 23.1 Å². The van der Waals surface area contributed by atoms with Crippen molar-refractivity contribution >= 4 is 40.1 Å². The van der Waals surface area contributed by atoms with E-state index < -0.39 is 0 Å². The van der Waals surface area contributed by atoms with Gasteiger partial charge in [0.2, 0.25) is 0 Å². The molecule has 0 saturated heterocycles. The molecule has 3 aromatic carbocycles. The number of aromatic nitrogens is 1. The lowest BCUT2D eigenvalue weighted by atomic mass is 10.1. The number of rotatable bonds is 6. The molecule has 4 aromatic rings. The van der Waals surface area contributed by atoms with E-state index in [0.717, 1.165) is 21.4 Å². The molecule has 0 aliphatic carbocycles. The summed E-state index contributed by atoms with van der Waals surface area (Å²) >= 11 is 1.27. The summed E-state index contributed by atoms with van der Waals surface area (Å²) in [6, 6.07) is 23.3. The van der Waals surface area contributed by atoms with Crippen LogP contribution in [0.3, 0.4) is 0 Å². The molecule has 1 aromatic heterocycles. The van der Waals surface area contributed by atoms with Crippen LogP contribution in [0.5, 0.6) is 0 Å². The Hall–Kier alpha value is -3.64. The molecule has 6 heteroatoms. The highest BCUT2D eigenvalue weighted by atomic mass is 32.2. The van der Waals surface area contributed by atoms with Crippen LogP contribution in [0.1, 0.15) is 11.1 Å². The molecule has 0 atom stereocenters. The molecule has 1 aliphatic heterocycles. The number of hydrogen-bond donors (Lipinski definition) is 0. The summed E-state index contributed by atoms with van der Waals surface area (Å²) in [5, 5.41) is 1.12. The van der Waals surface area contributed by atoms with Crippen molar-refractivity contribution in [1.29, 1.82) is 0 Å². The van der Waals surface area contributed by atoms with Crippen LogP contribution in [0.2, 0.25) is 0 Å². The van der Waals surface area contributed by atoms with Crippen LogP contribution in [0.25, 0.3) is 16.5 Å². The van der Waals surface area contributed by atoms with Crippen LogP contribution in [0.4, 0.5) is 4.39 Å². The van der Waals surface area contributed by atoms with E-state index in [-0.39, 0.29) is 24.2 Å². The number of aryl methyl sites for hydroxylation is 1. The van der Waals surface area contributed by atoms with E-state index >= 15 is 0 Å². The van der Waals surface area contributed by atoms with E-state index in [2.05, 4.69) is 10.6 Å². The molecule has 33 heavy (non-hydrogen) atoms. The minimum absolute atomic E-state index is 0.273. The first kappa shape index (κ1) is 21.2. The molecule has 0 unspecified atom stereocenters. The largest absolute Gasteiger partial charge is 0.350 e. The van der Waals surface area contributed by atoms with Crippen LogP contribution in [0.15, 0.2) is 94.9 Å². The Morgan fingerprint density at radius 2 is 1.55 bits per heavy atom. The first-order chi connectivity index (χ1) is 16.0. The molecular weight excluding hydrogens is 435 g/mol. The van der Waals surface area contributed by atoms with Gasteiger partial charge in [0.05, 0.1) is 10.5 Å². The van der Waals surface area contributed by atoms with Gasteiger partial charge in [-0.3, -0.25) is 14.5 Å². The number of hydrogen-bond acceptors (Lipinski definition) is 3. The monoisotopic (exact) mass is 456 g/mol. The first-order valence-electron chi connectivity index (χ1n) is 10.6. The fraction of sp³-hybridized carbons (Fsp3) is 0.111. The van der Waals surface area contributed by atoms with Gasteiger partial charge in [-0.25, -0.2) is 4.39 Å². The molecule has 0 saturated carbocycles. The van der Waals surface area contributed by atoms with Gasteiger partial charge in [0.15, 0.2) is 0 Å².